The number of hydrogen-bond acceptors (Lipinski definition) is 5. The van der Waals surface area contributed by atoms with E-state index in [-0.39, 0.29) is 6.03 Å². The van der Waals surface area contributed by atoms with Gasteiger partial charge >= 0.3 is 6.03 Å². The van der Waals surface area contributed by atoms with Crippen molar-refractivity contribution in [3.05, 3.63) is 65.7 Å². The second-order valence-corrected chi connectivity index (χ2v) is 7.72. The lowest BCUT2D eigenvalue weighted by Gasteiger charge is -2.04. The molecule has 0 fully saturated rings. The molecule has 0 atom stereocenters. The summed E-state index contributed by atoms with van der Waals surface area (Å²) in [5.41, 5.74) is 3.19. The number of urea groups is 1. The van der Waals surface area contributed by atoms with Gasteiger partial charge in [0.05, 0.1) is 0 Å². The van der Waals surface area contributed by atoms with Crippen molar-refractivity contribution in [1.29, 1.82) is 0 Å². The second-order valence-electron chi connectivity index (χ2n) is 5.40. The zero-order valence-electron chi connectivity index (χ0n) is 13.7. The number of amides is 2. The van der Waals surface area contributed by atoms with E-state index in [0.717, 1.165) is 27.8 Å². The van der Waals surface area contributed by atoms with Gasteiger partial charge in [0.25, 0.3) is 0 Å². The van der Waals surface area contributed by atoms with Gasteiger partial charge in [-0.15, -0.1) is 10.2 Å². The van der Waals surface area contributed by atoms with Gasteiger partial charge in [-0.3, -0.25) is 5.32 Å². The highest BCUT2D eigenvalue weighted by Gasteiger charge is 2.09. The molecule has 0 saturated heterocycles. The van der Waals surface area contributed by atoms with Crippen molar-refractivity contribution in [3.63, 3.8) is 0 Å². The van der Waals surface area contributed by atoms with E-state index in [1.54, 1.807) is 11.8 Å². The Morgan fingerprint density at radius 3 is 2.56 bits per heavy atom. The van der Waals surface area contributed by atoms with Gasteiger partial charge in [0.15, 0.2) is 4.34 Å². The Balaban J connectivity index is 1.46. The monoisotopic (exact) mass is 370 g/mol. The van der Waals surface area contributed by atoms with Gasteiger partial charge in [-0.2, -0.15) is 0 Å². The van der Waals surface area contributed by atoms with Crippen LogP contribution in [-0.4, -0.2) is 22.0 Å². The first-order chi connectivity index (χ1) is 12.2. The molecule has 3 aromatic rings. The maximum Gasteiger partial charge on any atom is 0.325 e. The highest BCUT2D eigenvalue weighted by Crippen LogP contribution is 2.26. The number of aryl methyl sites for hydroxylation is 2. The lowest BCUT2D eigenvalue weighted by molar-refractivity contribution is 0.262. The predicted octanol–water partition coefficient (Wildman–Crippen LogP) is 4.83. The van der Waals surface area contributed by atoms with Crippen LogP contribution in [0.25, 0.3) is 0 Å². The van der Waals surface area contributed by atoms with Crippen molar-refractivity contribution in [1.82, 2.24) is 10.2 Å². The van der Waals surface area contributed by atoms with Crippen LogP contribution < -0.4 is 10.6 Å². The average Bonchev–Trinajstić information content (AvgIpc) is 3.05. The highest BCUT2D eigenvalue weighted by atomic mass is 32.2. The molecule has 0 bridgehead atoms. The van der Waals surface area contributed by atoms with Crippen LogP contribution in [0.1, 0.15) is 11.1 Å². The smallest absolute Gasteiger partial charge is 0.308 e. The molecule has 3 rings (SSSR count). The van der Waals surface area contributed by atoms with Crippen LogP contribution in [0.4, 0.5) is 15.6 Å². The average molecular weight is 371 g/mol. The number of nitrogens with zero attached hydrogens (tertiary/aromatic N) is 2. The molecule has 0 radical (unpaired) electrons. The summed E-state index contributed by atoms with van der Waals surface area (Å²) in [6.07, 6.45) is 0.974. The third-order valence-corrected chi connectivity index (χ3v) is 5.37. The Hall–Kier alpha value is -2.38. The van der Waals surface area contributed by atoms with Gasteiger partial charge in [-0.05, 0) is 31.0 Å². The molecule has 1 aromatic heterocycles. The van der Waals surface area contributed by atoms with E-state index in [0.29, 0.717) is 5.13 Å². The standard InChI is InChI=1S/C18H18N4OS2/c1-13-7-9-15(10-8-13)19-16(23)20-17-21-22-18(25-17)24-12-11-14-5-3-2-4-6-14/h2-10H,11-12H2,1H3,(H2,19,20,21,23). The van der Waals surface area contributed by atoms with Crippen LogP contribution in [-0.2, 0) is 6.42 Å². The number of thioether (sulfide) groups is 1. The van der Waals surface area contributed by atoms with Crippen LogP contribution in [0.3, 0.4) is 0 Å². The summed E-state index contributed by atoms with van der Waals surface area (Å²) in [5.74, 6) is 0.925. The zero-order valence-corrected chi connectivity index (χ0v) is 15.4. The van der Waals surface area contributed by atoms with Gasteiger partial charge in [0, 0.05) is 11.4 Å². The lowest BCUT2D eigenvalue weighted by atomic mass is 10.2. The van der Waals surface area contributed by atoms with E-state index in [4.69, 9.17) is 0 Å². The number of aromatic nitrogens is 2. The number of anilines is 2. The molecule has 2 amide bonds. The predicted molar refractivity (Wildman–Crippen MR) is 105 cm³/mol. The quantitative estimate of drug-likeness (QED) is 0.482. The summed E-state index contributed by atoms with van der Waals surface area (Å²) in [6, 6.07) is 17.6. The Morgan fingerprint density at radius 2 is 1.80 bits per heavy atom. The SMILES string of the molecule is Cc1ccc(NC(=O)Nc2nnc(SCCc3ccccc3)s2)cc1. The minimum absolute atomic E-state index is 0.319. The van der Waals surface area contributed by atoms with Gasteiger partial charge < -0.3 is 5.32 Å². The minimum Gasteiger partial charge on any atom is -0.308 e. The molecule has 1 heterocycles. The number of rotatable bonds is 6. The van der Waals surface area contributed by atoms with Crippen LogP contribution >= 0.6 is 23.1 Å². The Labute approximate surface area is 154 Å². The fourth-order valence-electron chi connectivity index (χ4n) is 2.12. The first-order valence-corrected chi connectivity index (χ1v) is 9.64. The van der Waals surface area contributed by atoms with Crippen molar-refractivity contribution in [2.75, 3.05) is 16.4 Å². The van der Waals surface area contributed by atoms with Gasteiger partial charge in [-0.25, -0.2) is 4.79 Å². The molecule has 128 valence electrons. The number of carbonyl (C=O) groups excluding carboxylic acids is 1. The third kappa shape index (κ3) is 5.58. The second kappa shape index (κ2) is 8.64. The molecular weight excluding hydrogens is 352 g/mol. The number of benzene rings is 2. The molecule has 2 N–H and O–H groups in total. The van der Waals surface area contributed by atoms with Crippen molar-refractivity contribution >= 4 is 39.9 Å². The lowest BCUT2D eigenvalue weighted by Crippen LogP contribution is -2.19. The van der Waals surface area contributed by atoms with Gasteiger partial charge in [0.2, 0.25) is 5.13 Å². The molecule has 7 heteroatoms. The molecule has 25 heavy (non-hydrogen) atoms. The molecule has 2 aromatic carbocycles. The van der Waals surface area contributed by atoms with E-state index >= 15 is 0 Å². The Kier molecular flexibility index (Phi) is 6.03. The van der Waals surface area contributed by atoms with Crippen molar-refractivity contribution < 1.29 is 4.79 Å². The summed E-state index contributed by atoms with van der Waals surface area (Å²) in [5, 5.41) is 14.1. The number of nitrogens with one attached hydrogen (secondary N) is 2. The first-order valence-electron chi connectivity index (χ1n) is 7.84. The molecule has 0 unspecified atom stereocenters. The number of hydrogen-bond donors (Lipinski definition) is 2. The van der Waals surface area contributed by atoms with E-state index < -0.39 is 0 Å². The Morgan fingerprint density at radius 1 is 1.04 bits per heavy atom. The van der Waals surface area contributed by atoms with Crippen LogP contribution in [0.5, 0.6) is 0 Å². The van der Waals surface area contributed by atoms with E-state index in [9.17, 15) is 4.79 Å². The Bertz CT molecular complexity index is 819. The summed E-state index contributed by atoms with van der Waals surface area (Å²) in [7, 11) is 0. The maximum absolute atomic E-state index is 12.0. The van der Waals surface area contributed by atoms with Gasteiger partial charge in [-0.1, -0.05) is 71.1 Å². The van der Waals surface area contributed by atoms with E-state index in [2.05, 4.69) is 33.0 Å². The fourth-order valence-corrected chi connectivity index (χ4v) is 3.92. The van der Waals surface area contributed by atoms with Crippen molar-refractivity contribution in [2.24, 2.45) is 0 Å². The minimum atomic E-state index is -0.319. The molecule has 0 aliphatic carbocycles. The summed E-state index contributed by atoms with van der Waals surface area (Å²) < 4.78 is 0.849. The molecular formula is C18H18N4OS2. The van der Waals surface area contributed by atoms with Gasteiger partial charge in [0.1, 0.15) is 0 Å². The zero-order chi connectivity index (χ0) is 17.5. The molecule has 5 nitrogen and oxygen atoms in total. The van der Waals surface area contributed by atoms with Crippen molar-refractivity contribution in [2.45, 2.75) is 17.7 Å². The fraction of sp³-hybridized carbons (Fsp3) is 0.167. The van der Waals surface area contributed by atoms with E-state index in [1.165, 1.54) is 16.9 Å². The van der Waals surface area contributed by atoms with E-state index in [1.807, 2.05) is 49.4 Å². The molecule has 0 aliphatic heterocycles. The third-order valence-electron chi connectivity index (χ3n) is 3.40. The summed E-state index contributed by atoms with van der Waals surface area (Å²) >= 11 is 3.02. The highest BCUT2D eigenvalue weighted by molar-refractivity contribution is 8.01. The maximum atomic E-state index is 12.0. The molecule has 0 spiro atoms. The molecule has 0 aliphatic rings. The topological polar surface area (TPSA) is 66.9 Å². The summed E-state index contributed by atoms with van der Waals surface area (Å²) in [4.78, 5) is 12.0. The summed E-state index contributed by atoms with van der Waals surface area (Å²) in [6.45, 7) is 2.00. The first kappa shape index (κ1) is 17.4. The van der Waals surface area contributed by atoms with Crippen LogP contribution in [0, 0.1) is 6.92 Å². The number of carbonyl (C=O) groups is 1. The normalized spacial score (nSPS) is 10.4. The largest absolute Gasteiger partial charge is 0.325 e. The molecule has 0 saturated carbocycles. The van der Waals surface area contributed by atoms with Crippen molar-refractivity contribution in [3.8, 4) is 0 Å². The van der Waals surface area contributed by atoms with Crippen LogP contribution in [0.15, 0.2) is 58.9 Å². The van der Waals surface area contributed by atoms with Crippen LogP contribution in [0.2, 0.25) is 0 Å².